The van der Waals surface area contributed by atoms with E-state index in [-0.39, 0.29) is 6.07 Å². The average molecular weight is 476 g/mol. The van der Waals surface area contributed by atoms with Gasteiger partial charge in [-0.25, -0.2) is 4.57 Å². The molecule has 0 unspecified atom stereocenters. The Balaban J connectivity index is 3.85. The van der Waals surface area contributed by atoms with Gasteiger partial charge in [0.05, 0.1) is 4.90 Å². The second-order valence-corrected chi connectivity index (χ2v) is 8.84. The third-order valence-corrected chi connectivity index (χ3v) is 5.91. The van der Waals surface area contributed by atoms with Crippen LogP contribution in [0.1, 0.15) is 0 Å². The van der Waals surface area contributed by atoms with Crippen molar-refractivity contribution in [1.29, 1.82) is 0 Å². The molecule has 0 atom stereocenters. The van der Waals surface area contributed by atoms with Crippen molar-refractivity contribution in [2.75, 3.05) is 0 Å². The van der Waals surface area contributed by atoms with E-state index in [1.807, 2.05) is 0 Å². The molecule has 0 aromatic heterocycles. The number of benzene rings is 1. The van der Waals surface area contributed by atoms with Crippen LogP contribution < -0.4 is 4.52 Å². The van der Waals surface area contributed by atoms with Crippen molar-refractivity contribution in [3.63, 3.8) is 0 Å². The summed E-state index contributed by atoms with van der Waals surface area (Å²) in [6.45, 7) is 0. The zero-order chi connectivity index (χ0) is 16.6. The molecule has 1 rings (SSSR count). The lowest BCUT2D eigenvalue weighted by atomic mass is 10.3. The van der Waals surface area contributed by atoms with Gasteiger partial charge in [-0.3, -0.25) is 22.0 Å². The van der Waals surface area contributed by atoms with E-state index in [4.69, 9.17) is 18.9 Å². The van der Waals surface area contributed by atoms with Crippen LogP contribution in [0.4, 0.5) is 0 Å². The molecule has 120 valence electrons. The molecule has 0 bridgehead atoms. The zero-order valence-corrected chi connectivity index (χ0v) is 14.1. The minimum absolute atomic E-state index is 0.282. The van der Waals surface area contributed by atoms with Gasteiger partial charge >= 0.3 is 7.82 Å². The summed E-state index contributed by atoms with van der Waals surface area (Å²) >= 11 is -2.44. The van der Waals surface area contributed by atoms with Gasteiger partial charge in [0.2, 0.25) is 0 Å². The molecule has 0 amide bonds. The molecule has 0 fully saturated rings. The lowest BCUT2D eigenvalue weighted by Crippen LogP contribution is -2.07. The van der Waals surface area contributed by atoms with Gasteiger partial charge < -0.3 is 4.52 Å². The first kappa shape index (κ1) is 18.6. The first-order valence-electron chi connectivity index (χ1n) is 4.41. The van der Waals surface area contributed by atoms with Crippen molar-refractivity contribution in [3.8, 4) is 5.75 Å². The Hall–Kier alpha value is -0.480. The van der Waals surface area contributed by atoms with Crippen LogP contribution in [0.3, 0.4) is 0 Å². The molecule has 15 heteroatoms. The first-order valence-corrected chi connectivity index (χ1v) is 10.8. The normalized spacial score (nSPS) is 13.1. The molecule has 1 aromatic rings. The molecule has 11 nitrogen and oxygen atoms in total. The van der Waals surface area contributed by atoms with Crippen LogP contribution in [-0.4, -0.2) is 35.7 Å². The van der Waals surface area contributed by atoms with Crippen LogP contribution >= 0.6 is 29.0 Å². The Morgan fingerprint density at radius 3 is 1.90 bits per heavy atom. The largest absolute Gasteiger partial charge is 0.524 e. The number of halogens is 1. The number of hydrogen-bond donors (Lipinski definition) is 4. The smallest absolute Gasteiger partial charge is 0.403 e. The van der Waals surface area contributed by atoms with Crippen LogP contribution in [0, 0.1) is 3.57 Å². The van der Waals surface area contributed by atoms with Gasteiger partial charge in [-0.1, -0.05) is 0 Å². The average Bonchev–Trinajstić information content (AvgIpc) is 2.23. The van der Waals surface area contributed by atoms with Crippen molar-refractivity contribution >= 4 is 49.3 Å². The zero-order valence-electron chi connectivity index (χ0n) is 9.44. The van der Waals surface area contributed by atoms with Crippen LogP contribution in [0.2, 0.25) is 0 Å². The minimum atomic E-state index is -5.25. The fourth-order valence-corrected chi connectivity index (χ4v) is 4.83. The molecule has 0 aliphatic carbocycles. The molecule has 0 radical (unpaired) electrons. The van der Waals surface area contributed by atoms with Crippen molar-refractivity contribution in [2.24, 2.45) is 0 Å². The third-order valence-electron chi connectivity index (χ3n) is 1.85. The molecule has 0 saturated carbocycles. The summed E-state index contributed by atoms with van der Waals surface area (Å²) in [6, 6.07) is 0.653. The van der Waals surface area contributed by atoms with E-state index >= 15 is 0 Å². The Kier molecular flexibility index (Phi) is 5.27. The number of phosphoric ester groups is 1. The van der Waals surface area contributed by atoms with Gasteiger partial charge in [-0.2, -0.15) is 16.8 Å². The van der Waals surface area contributed by atoms with E-state index in [0.29, 0.717) is 6.07 Å². The molecular formula is C6H6IO11PS2. The van der Waals surface area contributed by atoms with Crippen molar-refractivity contribution in [1.82, 2.24) is 0 Å². The molecule has 0 heterocycles. The fraction of sp³-hybridized carbons (Fsp3) is 0. The number of hydrogen-bond acceptors (Lipinski definition) is 7. The minimum Gasteiger partial charge on any atom is -0.403 e. The van der Waals surface area contributed by atoms with E-state index in [2.05, 4.69) is 4.52 Å². The lowest BCUT2D eigenvalue weighted by molar-refractivity contribution is 0.281. The molecule has 21 heavy (non-hydrogen) atoms. The van der Waals surface area contributed by atoms with E-state index in [1.54, 1.807) is 0 Å². The van der Waals surface area contributed by atoms with Crippen molar-refractivity contribution in [2.45, 2.75) is 9.79 Å². The van der Waals surface area contributed by atoms with Gasteiger partial charge in [0.25, 0.3) is 20.2 Å². The summed E-state index contributed by atoms with van der Waals surface area (Å²) in [4.78, 5) is 15.0. The van der Waals surface area contributed by atoms with E-state index < -0.39 is 68.4 Å². The van der Waals surface area contributed by atoms with E-state index in [9.17, 15) is 24.5 Å². The van der Waals surface area contributed by atoms with Gasteiger partial charge in [0, 0.05) is 6.07 Å². The Labute approximate surface area is 128 Å². The number of rotatable bonds is 5. The highest BCUT2D eigenvalue weighted by Gasteiger charge is 2.28. The molecule has 0 aliphatic rings. The summed E-state index contributed by atoms with van der Waals surface area (Å²) in [5.74, 6) is -1.05. The van der Waals surface area contributed by atoms with Crippen LogP contribution in [0.15, 0.2) is 21.9 Å². The molecule has 1 aromatic carbocycles. The summed E-state index contributed by atoms with van der Waals surface area (Å²) < 4.78 is 87.0. The molecule has 0 aliphatic heterocycles. The molecule has 0 saturated heterocycles. The summed E-state index contributed by atoms with van der Waals surface area (Å²) in [5.41, 5.74) is 0. The summed E-state index contributed by atoms with van der Waals surface area (Å²) in [7, 11) is -15.3. The van der Waals surface area contributed by atoms with Gasteiger partial charge in [-0.05, 0) is 6.07 Å². The van der Waals surface area contributed by atoms with Gasteiger partial charge in [-0.15, -0.1) is 0 Å². The predicted octanol–water partition coefficient (Wildman–Crippen LogP) is 0.137. The monoisotopic (exact) mass is 476 g/mol. The quantitative estimate of drug-likeness (QED) is 0.257. The van der Waals surface area contributed by atoms with Gasteiger partial charge in [0.15, 0.2) is 21.2 Å². The van der Waals surface area contributed by atoms with Crippen molar-refractivity contribution < 1.29 is 47.9 Å². The highest BCUT2D eigenvalue weighted by molar-refractivity contribution is 14.1. The van der Waals surface area contributed by atoms with E-state index in [1.165, 1.54) is 0 Å². The lowest BCUT2D eigenvalue weighted by Gasteiger charge is -2.12. The highest BCUT2D eigenvalue weighted by atomic mass is 127. The molecular weight excluding hydrogens is 470 g/mol. The Bertz CT molecular complexity index is 836. The Morgan fingerprint density at radius 1 is 1.05 bits per heavy atom. The maximum atomic E-state index is 11.1. The summed E-state index contributed by atoms with van der Waals surface area (Å²) in [5, 5.41) is 0. The van der Waals surface area contributed by atoms with Crippen LogP contribution in [-0.2, 0) is 27.9 Å². The third kappa shape index (κ3) is 5.03. The Morgan fingerprint density at radius 2 is 1.57 bits per heavy atom. The maximum absolute atomic E-state index is 11.1. The van der Waals surface area contributed by atoms with Crippen LogP contribution in [0.5, 0.6) is 5.75 Å². The maximum Gasteiger partial charge on any atom is 0.524 e. The summed E-state index contributed by atoms with van der Waals surface area (Å²) in [6.07, 6.45) is 0. The van der Waals surface area contributed by atoms with Gasteiger partial charge in [0.1, 0.15) is 14.2 Å². The number of phosphoric acid groups is 1. The van der Waals surface area contributed by atoms with E-state index in [0.717, 1.165) is 0 Å². The first-order chi connectivity index (χ1) is 9.25. The fourth-order valence-electron chi connectivity index (χ4n) is 1.16. The SMILES string of the molecule is O=Ic1c(OP(=O)(O)O)cc(S(=O)(=O)O)cc1S(=O)(=O)O. The van der Waals surface area contributed by atoms with Crippen LogP contribution in [0.25, 0.3) is 0 Å². The molecule has 4 N–H and O–H groups in total. The second-order valence-electron chi connectivity index (χ2n) is 3.34. The second kappa shape index (κ2) is 5.96. The standard InChI is InChI=1S/C6H6IO11PS2/c8-7-6-4(18-19(9,10)11)1-3(20(12,13)14)2-5(6)21(15,16)17/h1-2H,(H2,9,10,11)(H,12,13,14)(H,15,16,17). The topological polar surface area (TPSA) is 193 Å². The van der Waals surface area contributed by atoms with Crippen molar-refractivity contribution in [3.05, 3.63) is 15.7 Å². The predicted molar refractivity (Wildman–Crippen MR) is 72.1 cm³/mol. The molecule has 0 spiro atoms. The highest BCUT2D eigenvalue weighted by Crippen LogP contribution is 2.43.